The van der Waals surface area contributed by atoms with Crippen molar-refractivity contribution in [3.63, 3.8) is 0 Å². The normalized spacial score (nSPS) is 13.5. The maximum atomic E-state index is 11.4. The Morgan fingerprint density at radius 1 is 1.16 bits per heavy atom. The molecule has 2 heterocycles. The van der Waals surface area contributed by atoms with Crippen molar-refractivity contribution in [1.29, 1.82) is 0 Å². The SMILES string of the molecule is NC(=O)c1ccc2c(c1)CCCN2Cc1ncn(-c2ccccc2)n1. The van der Waals surface area contributed by atoms with Crippen LogP contribution in [0.3, 0.4) is 0 Å². The molecule has 0 fully saturated rings. The Morgan fingerprint density at radius 3 is 2.80 bits per heavy atom. The molecule has 0 bridgehead atoms. The molecule has 1 aromatic heterocycles. The largest absolute Gasteiger partial charge is 0.366 e. The maximum Gasteiger partial charge on any atom is 0.248 e. The number of anilines is 1. The second-order valence-electron chi connectivity index (χ2n) is 6.17. The molecule has 0 atom stereocenters. The van der Waals surface area contributed by atoms with Crippen LogP contribution < -0.4 is 10.6 Å². The summed E-state index contributed by atoms with van der Waals surface area (Å²) in [7, 11) is 0. The van der Waals surface area contributed by atoms with Crippen LogP contribution >= 0.6 is 0 Å². The average Bonchev–Trinajstić information content (AvgIpc) is 3.11. The first kappa shape index (κ1) is 15.4. The van der Waals surface area contributed by atoms with Gasteiger partial charge >= 0.3 is 0 Å². The molecule has 0 spiro atoms. The van der Waals surface area contributed by atoms with Gasteiger partial charge in [-0.1, -0.05) is 18.2 Å². The highest BCUT2D eigenvalue weighted by Crippen LogP contribution is 2.29. The Morgan fingerprint density at radius 2 is 2.00 bits per heavy atom. The molecular formula is C19H19N5O. The number of para-hydroxylation sites is 1. The lowest BCUT2D eigenvalue weighted by molar-refractivity contribution is 0.1000. The van der Waals surface area contributed by atoms with Gasteiger partial charge in [0.2, 0.25) is 5.91 Å². The number of hydrogen-bond donors (Lipinski definition) is 1. The smallest absolute Gasteiger partial charge is 0.248 e. The van der Waals surface area contributed by atoms with Crippen molar-refractivity contribution >= 4 is 11.6 Å². The van der Waals surface area contributed by atoms with Crippen LogP contribution in [0.5, 0.6) is 0 Å². The molecule has 4 rings (SSSR count). The molecule has 126 valence electrons. The Kier molecular flexibility index (Phi) is 3.93. The van der Waals surface area contributed by atoms with E-state index in [1.807, 2.05) is 42.5 Å². The van der Waals surface area contributed by atoms with Crippen molar-refractivity contribution in [2.45, 2.75) is 19.4 Å². The minimum atomic E-state index is -0.386. The lowest BCUT2D eigenvalue weighted by Gasteiger charge is -2.30. The number of aryl methyl sites for hydroxylation is 1. The third kappa shape index (κ3) is 3.10. The van der Waals surface area contributed by atoms with Gasteiger partial charge in [-0.25, -0.2) is 9.67 Å². The molecule has 0 unspecified atom stereocenters. The molecule has 6 nitrogen and oxygen atoms in total. The third-order valence-corrected chi connectivity index (χ3v) is 4.47. The predicted molar refractivity (Wildman–Crippen MR) is 95.7 cm³/mol. The van der Waals surface area contributed by atoms with Crippen molar-refractivity contribution < 1.29 is 4.79 Å². The molecule has 2 aromatic carbocycles. The summed E-state index contributed by atoms with van der Waals surface area (Å²) >= 11 is 0. The van der Waals surface area contributed by atoms with Crippen molar-refractivity contribution in [3.8, 4) is 5.69 Å². The summed E-state index contributed by atoms with van der Waals surface area (Å²) in [6, 6.07) is 15.6. The van der Waals surface area contributed by atoms with Crippen molar-refractivity contribution in [2.24, 2.45) is 5.73 Å². The summed E-state index contributed by atoms with van der Waals surface area (Å²) in [4.78, 5) is 18.1. The highest BCUT2D eigenvalue weighted by molar-refractivity contribution is 5.93. The summed E-state index contributed by atoms with van der Waals surface area (Å²) < 4.78 is 1.79. The highest BCUT2D eigenvalue weighted by atomic mass is 16.1. The maximum absolute atomic E-state index is 11.4. The molecule has 0 saturated heterocycles. The fourth-order valence-electron chi connectivity index (χ4n) is 3.24. The number of benzene rings is 2. The fourth-order valence-corrected chi connectivity index (χ4v) is 3.24. The van der Waals surface area contributed by atoms with E-state index in [0.29, 0.717) is 12.1 Å². The summed E-state index contributed by atoms with van der Waals surface area (Å²) in [6.07, 6.45) is 3.74. The van der Waals surface area contributed by atoms with E-state index in [0.717, 1.165) is 42.1 Å². The van der Waals surface area contributed by atoms with Crippen LogP contribution in [0.25, 0.3) is 5.69 Å². The van der Waals surface area contributed by atoms with E-state index in [1.165, 1.54) is 0 Å². The lowest BCUT2D eigenvalue weighted by Crippen LogP contribution is -2.29. The highest BCUT2D eigenvalue weighted by Gasteiger charge is 2.19. The summed E-state index contributed by atoms with van der Waals surface area (Å²) in [6.45, 7) is 1.59. The molecular weight excluding hydrogens is 314 g/mol. The zero-order valence-electron chi connectivity index (χ0n) is 13.8. The number of aromatic nitrogens is 3. The van der Waals surface area contributed by atoms with Crippen LogP contribution in [0.4, 0.5) is 5.69 Å². The van der Waals surface area contributed by atoms with Crippen LogP contribution in [0.2, 0.25) is 0 Å². The molecule has 1 aliphatic heterocycles. The van der Waals surface area contributed by atoms with E-state index in [9.17, 15) is 4.79 Å². The van der Waals surface area contributed by atoms with Crippen molar-refractivity contribution in [1.82, 2.24) is 14.8 Å². The molecule has 25 heavy (non-hydrogen) atoms. The van der Waals surface area contributed by atoms with Gasteiger partial charge in [-0.2, -0.15) is 0 Å². The number of carbonyl (C=O) groups is 1. The van der Waals surface area contributed by atoms with Crippen LogP contribution in [-0.4, -0.2) is 27.2 Å². The standard InChI is InChI=1S/C19H19N5O/c20-19(25)15-8-9-17-14(11-15)5-4-10-23(17)12-18-21-13-24(22-18)16-6-2-1-3-7-16/h1-3,6-9,11,13H,4-5,10,12H2,(H2,20,25). The van der Waals surface area contributed by atoms with Gasteiger partial charge < -0.3 is 10.6 Å². The quantitative estimate of drug-likeness (QED) is 0.795. The first-order valence-corrected chi connectivity index (χ1v) is 8.34. The van der Waals surface area contributed by atoms with E-state index >= 15 is 0 Å². The van der Waals surface area contributed by atoms with Gasteiger partial charge in [0.05, 0.1) is 12.2 Å². The molecule has 0 radical (unpaired) electrons. The van der Waals surface area contributed by atoms with Gasteiger partial charge in [-0.05, 0) is 48.7 Å². The number of nitrogens with zero attached hydrogens (tertiary/aromatic N) is 4. The van der Waals surface area contributed by atoms with Crippen molar-refractivity contribution in [3.05, 3.63) is 71.8 Å². The minimum Gasteiger partial charge on any atom is -0.366 e. The first-order valence-electron chi connectivity index (χ1n) is 8.34. The number of carbonyl (C=O) groups excluding carboxylic acids is 1. The third-order valence-electron chi connectivity index (χ3n) is 4.47. The zero-order valence-corrected chi connectivity index (χ0v) is 13.8. The predicted octanol–water partition coefficient (Wildman–Crippen LogP) is 2.32. The number of nitrogens with two attached hydrogens (primary N) is 1. The molecule has 2 N–H and O–H groups in total. The van der Waals surface area contributed by atoms with Crippen LogP contribution in [0.15, 0.2) is 54.9 Å². The van der Waals surface area contributed by atoms with Gasteiger partial charge in [-0.15, -0.1) is 5.10 Å². The molecule has 0 saturated carbocycles. The van der Waals surface area contributed by atoms with E-state index in [2.05, 4.69) is 15.0 Å². The Balaban J connectivity index is 1.57. The Labute approximate surface area is 145 Å². The molecule has 3 aromatic rings. The number of fused-ring (bicyclic) bond motifs is 1. The molecule has 1 aliphatic rings. The number of primary amides is 1. The average molecular weight is 333 g/mol. The van der Waals surface area contributed by atoms with Gasteiger partial charge in [0, 0.05) is 17.8 Å². The Hall–Kier alpha value is -3.15. The van der Waals surface area contributed by atoms with Gasteiger partial charge in [0.15, 0.2) is 5.82 Å². The first-order chi connectivity index (χ1) is 12.2. The van der Waals surface area contributed by atoms with Crippen LogP contribution in [0, 0.1) is 0 Å². The second kappa shape index (κ2) is 6.39. The summed E-state index contributed by atoms with van der Waals surface area (Å²) in [5.41, 5.74) is 9.23. The van der Waals surface area contributed by atoms with Crippen LogP contribution in [0.1, 0.15) is 28.2 Å². The number of hydrogen-bond acceptors (Lipinski definition) is 4. The molecule has 6 heteroatoms. The van der Waals surface area contributed by atoms with Gasteiger partial charge in [-0.3, -0.25) is 4.79 Å². The fraction of sp³-hybridized carbons (Fsp3) is 0.211. The van der Waals surface area contributed by atoms with E-state index < -0.39 is 0 Å². The zero-order chi connectivity index (χ0) is 17.2. The topological polar surface area (TPSA) is 77.0 Å². The van der Waals surface area contributed by atoms with Crippen LogP contribution in [-0.2, 0) is 13.0 Å². The van der Waals surface area contributed by atoms with Gasteiger partial charge in [0.1, 0.15) is 6.33 Å². The minimum absolute atomic E-state index is 0.386. The van der Waals surface area contributed by atoms with Gasteiger partial charge in [0.25, 0.3) is 0 Å². The molecule has 1 amide bonds. The summed E-state index contributed by atoms with van der Waals surface area (Å²) in [5.74, 6) is 0.388. The number of amides is 1. The monoisotopic (exact) mass is 333 g/mol. The molecule has 0 aliphatic carbocycles. The second-order valence-corrected chi connectivity index (χ2v) is 6.17. The van der Waals surface area contributed by atoms with E-state index in [1.54, 1.807) is 17.1 Å². The lowest BCUT2D eigenvalue weighted by atomic mass is 9.99. The van der Waals surface area contributed by atoms with E-state index in [4.69, 9.17) is 5.73 Å². The van der Waals surface area contributed by atoms with Crippen molar-refractivity contribution in [2.75, 3.05) is 11.4 Å². The number of rotatable bonds is 4. The summed E-state index contributed by atoms with van der Waals surface area (Å²) in [5, 5.41) is 4.58. The Bertz CT molecular complexity index is 903. The van der Waals surface area contributed by atoms with E-state index in [-0.39, 0.29) is 5.91 Å².